The summed E-state index contributed by atoms with van der Waals surface area (Å²) in [6, 6.07) is 12.2. The molecule has 0 saturated carbocycles. The van der Waals surface area contributed by atoms with Gasteiger partial charge in [0.25, 0.3) is 5.91 Å². The molecule has 0 aliphatic rings. The Balaban J connectivity index is 1.87. The first kappa shape index (κ1) is 21.8. The lowest BCUT2D eigenvalue weighted by molar-refractivity contribution is -0.386. The highest BCUT2D eigenvalue weighted by atomic mass is 16.6. The van der Waals surface area contributed by atoms with Crippen LogP contribution in [0.15, 0.2) is 54.4 Å². The molecule has 1 aromatic heterocycles. The van der Waals surface area contributed by atoms with Crippen molar-refractivity contribution in [3.8, 4) is 23.3 Å². The van der Waals surface area contributed by atoms with E-state index in [2.05, 4.69) is 10.1 Å². The maximum atomic E-state index is 12.7. The average molecular weight is 436 g/mol. The Labute approximate surface area is 180 Å². The fourth-order valence-corrected chi connectivity index (χ4v) is 2.78. The van der Waals surface area contributed by atoms with E-state index in [0.717, 1.165) is 22.7 Å². The molecule has 0 aliphatic heterocycles. The number of aliphatic hydroxyl groups is 1. The summed E-state index contributed by atoms with van der Waals surface area (Å²) in [6.45, 7) is -0.0991. The van der Waals surface area contributed by atoms with Gasteiger partial charge in [-0.25, -0.2) is 9.67 Å². The van der Waals surface area contributed by atoms with Crippen molar-refractivity contribution in [3.05, 3.63) is 75.9 Å². The van der Waals surface area contributed by atoms with Crippen molar-refractivity contribution in [2.75, 3.05) is 7.05 Å². The maximum absolute atomic E-state index is 12.7. The number of nitro benzene ring substituents is 1. The number of hydrogen-bond donors (Lipinski definition) is 3. The molecule has 1 amide bonds. The number of aromatic hydroxyl groups is 2. The quantitative estimate of drug-likeness (QED) is 0.130. The molecule has 0 bridgehead atoms. The molecule has 0 fully saturated rings. The van der Waals surface area contributed by atoms with Crippen LogP contribution in [0.1, 0.15) is 11.4 Å². The van der Waals surface area contributed by atoms with E-state index >= 15 is 0 Å². The third-order valence-corrected chi connectivity index (χ3v) is 4.39. The van der Waals surface area contributed by atoms with Crippen LogP contribution in [0, 0.1) is 21.4 Å². The van der Waals surface area contributed by atoms with E-state index in [1.165, 1.54) is 18.1 Å². The van der Waals surface area contributed by atoms with Crippen molar-refractivity contribution < 1.29 is 25.0 Å². The molecular formula is C20H16N6O6. The largest absolute Gasteiger partial charge is 0.506 e. The van der Waals surface area contributed by atoms with Crippen LogP contribution in [0.3, 0.4) is 0 Å². The number of rotatable bonds is 6. The third-order valence-electron chi connectivity index (χ3n) is 4.39. The van der Waals surface area contributed by atoms with Gasteiger partial charge in [-0.2, -0.15) is 5.26 Å². The summed E-state index contributed by atoms with van der Waals surface area (Å²) in [5.74, 6) is -3.44. The number of para-hydroxylation sites is 1. The topological polar surface area (TPSA) is 179 Å². The normalized spacial score (nSPS) is 11.4. The molecule has 0 unspecified atom stereocenters. The summed E-state index contributed by atoms with van der Waals surface area (Å²) in [7, 11) is 1.35. The van der Waals surface area contributed by atoms with Gasteiger partial charge >= 0.3 is 5.69 Å². The number of nitrogens with zero attached hydrogens (tertiary/aromatic N) is 6. The van der Waals surface area contributed by atoms with Gasteiger partial charge < -0.3 is 20.2 Å². The molecule has 0 saturated heterocycles. The van der Waals surface area contributed by atoms with E-state index in [-0.39, 0.29) is 12.4 Å². The zero-order valence-electron chi connectivity index (χ0n) is 16.6. The minimum absolute atomic E-state index is 0.0991. The monoisotopic (exact) mass is 436 g/mol. The Bertz CT molecular complexity index is 1260. The van der Waals surface area contributed by atoms with Gasteiger partial charge in [0.05, 0.1) is 17.2 Å². The van der Waals surface area contributed by atoms with Crippen LogP contribution in [-0.2, 0) is 11.3 Å². The molecule has 32 heavy (non-hydrogen) atoms. The molecular weight excluding hydrogens is 420 g/mol. The number of carbonyl (C=O) groups excluding carboxylic acids is 1. The standard InChI is InChI=1S/C20H16N6O6/c1-24(10-17-22-11-25(23-17)13-5-3-2-4-6-13)20(30)14(9-21)18(28)12-7-15(26(31)32)19(29)16(27)8-12/h2-8,11,27-29H,10H2,1H3/b18-14-. The second kappa shape index (κ2) is 8.84. The van der Waals surface area contributed by atoms with Gasteiger partial charge in [0, 0.05) is 18.7 Å². The van der Waals surface area contributed by atoms with Gasteiger partial charge in [0.1, 0.15) is 18.2 Å². The second-order valence-electron chi connectivity index (χ2n) is 6.56. The van der Waals surface area contributed by atoms with Gasteiger partial charge in [-0.3, -0.25) is 14.9 Å². The number of benzene rings is 2. The predicted octanol–water partition coefficient (Wildman–Crippen LogP) is 2.04. The first-order valence-corrected chi connectivity index (χ1v) is 8.98. The highest BCUT2D eigenvalue weighted by Crippen LogP contribution is 2.38. The van der Waals surface area contributed by atoms with Crippen LogP contribution in [0.25, 0.3) is 11.4 Å². The zero-order chi connectivity index (χ0) is 23.4. The van der Waals surface area contributed by atoms with Gasteiger partial charge in [0.2, 0.25) is 5.75 Å². The summed E-state index contributed by atoms with van der Waals surface area (Å²) in [5.41, 5.74) is -1.27. The van der Waals surface area contributed by atoms with E-state index in [9.17, 15) is 35.5 Å². The SMILES string of the molecule is CN(Cc1ncn(-c2ccccc2)n1)C(=O)/C(C#N)=C(\O)c1cc(O)c(O)c([N+](=O)[O-])c1. The van der Waals surface area contributed by atoms with Crippen molar-refractivity contribution >= 4 is 17.4 Å². The van der Waals surface area contributed by atoms with Crippen molar-refractivity contribution in [3.63, 3.8) is 0 Å². The van der Waals surface area contributed by atoms with Crippen LogP contribution in [0.4, 0.5) is 5.69 Å². The number of nitriles is 1. The Hall–Kier alpha value is -4.92. The number of phenolic OH excluding ortho intramolecular Hbond substituents is 2. The number of phenols is 2. The van der Waals surface area contributed by atoms with Crippen LogP contribution in [0.5, 0.6) is 11.5 Å². The Kier molecular flexibility index (Phi) is 6.02. The molecule has 0 aliphatic carbocycles. The van der Waals surface area contributed by atoms with Crippen LogP contribution >= 0.6 is 0 Å². The van der Waals surface area contributed by atoms with Crippen LogP contribution in [0.2, 0.25) is 0 Å². The Morgan fingerprint density at radius 1 is 1.28 bits per heavy atom. The van der Waals surface area contributed by atoms with Crippen LogP contribution < -0.4 is 0 Å². The van der Waals surface area contributed by atoms with Crippen molar-refractivity contribution in [1.82, 2.24) is 19.7 Å². The first-order valence-electron chi connectivity index (χ1n) is 8.98. The van der Waals surface area contributed by atoms with Crippen LogP contribution in [-0.4, -0.2) is 52.9 Å². The number of aromatic nitrogens is 3. The molecule has 2 aromatic carbocycles. The highest BCUT2D eigenvalue weighted by molar-refractivity contribution is 6.03. The van der Waals surface area contributed by atoms with Gasteiger partial charge in [0.15, 0.2) is 17.1 Å². The van der Waals surface area contributed by atoms with Gasteiger partial charge in [-0.15, -0.1) is 5.10 Å². The van der Waals surface area contributed by atoms with Crippen molar-refractivity contribution in [2.24, 2.45) is 0 Å². The lowest BCUT2D eigenvalue weighted by atomic mass is 10.1. The average Bonchev–Trinajstić information content (AvgIpc) is 3.24. The smallest absolute Gasteiger partial charge is 0.315 e. The number of aliphatic hydroxyl groups excluding tert-OH is 1. The Morgan fingerprint density at radius 2 is 1.97 bits per heavy atom. The summed E-state index contributed by atoms with van der Waals surface area (Å²) in [6.07, 6.45) is 1.46. The number of likely N-dealkylation sites (N-methyl/N-ethyl adjacent to an activating group) is 1. The van der Waals surface area contributed by atoms with Crippen molar-refractivity contribution in [2.45, 2.75) is 6.54 Å². The maximum Gasteiger partial charge on any atom is 0.315 e. The van der Waals surface area contributed by atoms with E-state index in [4.69, 9.17) is 0 Å². The summed E-state index contributed by atoms with van der Waals surface area (Å²) in [5, 5.41) is 54.3. The predicted molar refractivity (Wildman–Crippen MR) is 109 cm³/mol. The minimum atomic E-state index is -1.01. The number of amides is 1. The Morgan fingerprint density at radius 3 is 2.59 bits per heavy atom. The second-order valence-corrected chi connectivity index (χ2v) is 6.56. The molecule has 0 radical (unpaired) electrons. The van der Waals surface area contributed by atoms with Gasteiger partial charge in [-0.05, 0) is 18.2 Å². The molecule has 12 nitrogen and oxygen atoms in total. The minimum Gasteiger partial charge on any atom is -0.506 e. The molecule has 0 spiro atoms. The highest BCUT2D eigenvalue weighted by Gasteiger charge is 2.25. The lowest BCUT2D eigenvalue weighted by Crippen LogP contribution is -2.28. The fourth-order valence-electron chi connectivity index (χ4n) is 2.78. The molecule has 3 rings (SSSR count). The molecule has 3 N–H and O–H groups in total. The third kappa shape index (κ3) is 4.31. The van der Waals surface area contributed by atoms with Gasteiger partial charge in [-0.1, -0.05) is 18.2 Å². The summed E-state index contributed by atoms with van der Waals surface area (Å²) < 4.78 is 1.50. The number of hydrogen-bond acceptors (Lipinski definition) is 9. The molecule has 1 heterocycles. The summed E-state index contributed by atoms with van der Waals surface area (Å²) >= 11 is 0. The molecule has 0 atom stereocenters. The van der Waals surface area contributed by atoms with E-state index in [1.54, 1.807) is 6.07 Å². The van der Waals surface area contributed by atoms with E-state index in [0.29, 0.717) is 0 Å². The number of nitro groups is 1. The van der Waals surface area contributed by atoms with Crippen molar-refractivity contribution in [1.29, 1.82) is 5.26 Å². The number of carbonyl (C=O) groups is 1. The van der Waals surface area contributed by atoms with E-state index < -0.39 is 44.9 Å². The first-order chi connectivity index (χ1) is 15.2. The molecule has 3 aromatic rings. The fraction of sp³-hybridized carbons (Fsp3) is 0.100. The van der Waals surface area contributed by atoms with E-state index in [1.807, 2.05) is 30.3 Å². The lowest BCUT2D eigenvalue weighted by Gasteiger charge is -2.15. The molecule has 162 valence electrons. The molecule has 12 heteroatoms. The zero-order valence-corrected chi connectivity index (χ0v) is 16.6. The summed E-state index contributed by atoms with van der Waals surface area (Å²) in [4.78, 5) is 27.9.